The lowest BCUT2D eigenvalue weighted by molar-refractivity contribution is -0.132. The molecule has 1 amide bonds. The van der Waals surface area contributed by atoms with Crippen LogP contribution in [0.5, 0.6) is 11.5 Å². The molecule has 1 saturated heterocycles. The van der Waals surface area contributed by atoms with Gasteiger partial charge in [0.25, 0.3) is 11.7 Å². The van der Waals surface area contributed by atoms with E-state index in [0.29, 0.717) is 17.1 Å². The zero-order chi connectivity index (χ0) is 24.6. The van der Waals surface area contributed by atoms with Crippen molar-refractivity contribution in [2.45, 2.75) is 13.0 Å². The average molecular weight is 482 g/mol. The topological polar surface area (TPSA) is 76.1 Å². The molecule has 1 aliphatic heterocycles. The van der Waals surface area contributed by atoms with E-state index in [1.807, 2.05) is 6.92 Å². The Morgan fingerprint density at radius 3 is 2.47 bits per heavy atom. The highest BCUT2D eigenvalue weighted by Crippen LogP contribution is 2.44. The molecule has 1 heterocycles. The lowest BCUT2D eigenvalue weighted by Gasteiger charge is -2.26. The van der Waals surface area contributed by atoms with E-state index in [1.165, 1.54) is 31.3 Å². The van der Waals surface area contributed by atoms with Crippen LogP contribution in [0.1, 0.15) is 22.7 Å². The molecule has 1 N–H and O–H groups in total. The monoisotopic (exact) mass is 481 g/mol. The van der Waals surface area contributed by atoms with Crippen molar-refractivity contribution in [2.75, 3.05) is 19.1 Å². The summed E-state index contributed by atoms with van der Waals surface area (Å²) in [6.45, 7) is 1.83. The van der Waals surface area contributed by atoms with Crippen LogP contribution >= 0.6 is 11.6 Å². The van der Waals surface area contributed by atoms with Gasteiger partial charge in [0.15, 0.2) is 0 Å². The second-order valence-corrected chi connectivity index (χ2v) is 8.16. The quantitative estimate of drug-likeness (QED) is 0.299. The van der Waals surface area contributed by atoms with Gasteiger partial charge >= 0.3 is 0 Å². The van der Waals surface area contributed by atoms with Crippen molar-refractivity contribution in [3.8, 4) is 11.5 Å². The fourth-order valence-corrected chi connectivity index (χ4v) is 4.19. The van der Waals surface area contributed by atoms with Crippen LogP contribution in [0.4, 0.5) is 10.1 Å². The number of ether oxygens (including phenoxy) is 2. The second-order valence-electron chi connectivity index (χ2n) is 7.75. The highest BCUT2D eigenvalue weighted by Gasteiger charge is 2.47. The summed E-state index contributed by atoms with van der Waals surface area (Å²) in [6, 6.07) is 14.6. The Morgan fingerprint density at radius 2 is 1.79 bits per heavy atom. The molecule has 8 heteroatoms. The van der Waals surface area contributed by atoms with Gasteiger partial charge in [0.05, 0.1) is 36.4 Å². The van der Waals surface area contributed by atoms with Gasteiger partial charge in [-0.2, -0.15) is 0 Å². The van der Waals surface area contributed by atoms with Crippen LogP contribution in [0.25, 0.3) is 5.76 Å². The Balaban J connectivity index is 2.01. The summed E-state index contributed by atoms with van der Waals surface area (Å²) in [5.74, 6) is -2.00. The zero-order valence-electron chi connectivity index (χ0n) is 18.6. The fraction of sp³-hybridized carbons (Fsp3) is 0.154. The molecular weight excluding hydrogens is 461 g/mol. The number of hydrogen-bond donors (Lipinski definition) is 1. The van der Waals surface area contributed by atoms with Crippen LogP contribution < -0.4 is 14.4 Å². The molecule has 1 atom stereocenters. The van der Waals surface area contributed by atoms with Crippen LogP contribution in [0.3, 0.4) is 0 Å². The summed E-state index contributed by atoms with van der Waals surface area (Å²) in [4.78, 5) is 27.7. The number of aryl methyl sites for hydroxylation is 1. The van der Waals surface area contributed by atoms with Crippen LogP contribution in [0.2, 0.25) is 5.02 Å². The number of amides is 1. The lowest BCUT2D eigenvalue weighted by Crippen LogP contribution is -2.29. The maximum atomic E-state index is 13.8. The number of carbonyl (C=O) groups is 2. The zero-order valence-corrected chi connectivity index (χ0v) is 19.4. The van der Waals surface area contributed by atoms with E-state index in [4.69, 9.17) is 21.1 Å². The molecule has 6 nitrogen and oxygen atoms in total. The molecule has 3 aromatic carbocycles. The van der Waals surface area contributed by atoms with Crippen molar-refractivity contribution >= 4 is 34.7 Å². The van der Waals surface area contributed by atoms with Gasteiger partial charge in [-0.3, -0.25) is 14.5 Å². The predicted octanol–water partition coefficient (Wildman–Crippen LogP) is 5.43. The summed E-state index contributed by atoms with van der Waals surface area (Å²) >= 11 is 5.97. The Kier molecular flexibility index (Phi) is 6.30. The standard InChI is InChI=1S/C26H21ClFNO5/c1-14-7-10-21(34-3)18(11-14)24(30)22-23(15-5-4-6-17(12-15)33-2)29(26(32)25(22)31)16-8-9-20(28)19(27)13-16/h4-13,23,30H,1-3H3/b24-22+. The number of carbonyl (C=O) groups excluding carboxylic acids is 2. The van der Waals surface area contributed by atoms with Crippen LogP contribution in [0.15, 0.2) is 66.2 Å². The minimum absolute atomic E-state index is 0.136. The summed E-state index contributed by atoms with van der Waals surface area (Å²) < 4.78 is 24.5. The molecule has 34 heavy (non-hydrogen) atoms. The number of benzene rings is 3. The number of ketones is 1. The number of anilines is 1. The van der Waals surface area contributed by atoms with E-state index >= 15 is 0 Å². The Hall–Kier alpha value is -3.84. The number of hydrogen-bond acceptors (Lipinski definition) is 5. The molecule has 174 valence electrons. The summed E-state index contributed by atoms with van der Waals surface area (Å²) in [5.41, 5.74) is 1.66. The summed E-state index contributed by atoms with van der Waals surface area (Å²) in [7, 11) is 2.94. The maximum Gasteiger partial charge on any atom is 0.300 e. The van der Waals surface area contributed by atoms with Crippen molar-refractivity contribution in [3.63, 3.8) is 0 Å². The van der Waals surface area contributed by atoms with E-state index in [2.05, 4.69) is 0 Å². The van der Waals surface area contributed by atoms with Gasteiger partial charge in [-0.1, -0.05) is 35.4 Å². The van der Waals surface area contributed by atoms with E-state index in [1.54, 1.807) is 42.5 Å². The highest BCUT2D eigenvalue weighted by molar-refractivity contribution is 6.51. The number of rotatable bonds is 5. The molecule has 0 saturated carbocycles. The molecule has 0 bridgehead atoms. The Bertz CT molecular complexity index is 1340. The van der Waals surface area contributed by atoms with Gasteiger partial charge in [-0.15, -0.1) is 0 Å². The van der Waals surface area contributed by atoms with Crippen molar-refractivity contribution in [2.24, 2.45) is 0 Å². The number of aliphatic hydroxyl groups excluding tert-OH is 1. The van der Waals surface area contributed by atoms with Gasteiger partial charge in [-0.05, 0) is 55.0 Å². The summed E-state index contributed by atoms with van der Waals surface area (Å²) in [5, 5.41) is 11.1. The lowest BCUT2D eigenvalue weighted by atomic mass is 9.94. The number of Topliss-reactive ketones (excluding diaryl/α,β-unsaturated/α-hetero) is 1. The first kappa shape index (κ1) is 23.3. The van der Waals surface area contributed by atoms with Gasteiger partial charge in [0.1, 0.15) is 23.1 Å². The number of halogens is 2. The first-order valence-electron chi connectivity index (χ1n) is 10.3. The smallest absolute Gasteiger partial charge is 0.300 e. The average Bonchev–Trinajstić information content (AvgIpc) is 3.10. The van der Waals surface area contributed by atoms with Crippen LogP contribution in [0, 0.1) is 12.7 Å². The Morgan fingerprint density at radius 1 is 1.03 bits per heavy atom. The molecule has 1 unspecified atom stereocenters. The van der Waals surface area contributed by atoms with Crippen molar-refractivity contribution < 1.29 is 28.6 Å². The van der Waals surface area contributed by atoms with Gasteiger partial charge in [0, 0.05) is 5.69 Å². The molecular formula is C26H21ClFNO5. The molecule has 0 radical (unpaired) electrons. The van der Waals surface area contributed by atoms with Gasteiger partial charge in [-0.25, -0.2) is 4.39 Å². The normalized spacial score (nSPS) is 17.2. The van der Waals surface area contributed by atoms with E-state index in [9.17, 15) is 19.1 Å². The Labute approximate surface area is 200 Å². The first-order valence-corrected chi connectivity index (χ1v) is 10.7. The summed E-state index contributed by atoms with van der Waals surface area (Å²) in [6.07, 6.45) is 0. The van der Waals surface area contributed by atoms with Crippen LogP contribution in [-0.2, 0) is 9.59 Å². The van der Waals surface area contributed by atoms with Crippen molar-refractivity contribution in [1.29, 1.82) is 0 Å². The SMILES string of the molecule is COc1cccc(C2/C(=C(\O)c3cc(C)ccc3OC)C(=O)C(=O)N2c2ccc(F)c(Cl)c2)c1. The van der Waals surface area contributed by atoms with Crippen molar-refractivity contribution in [3.05, 3.63) is 93.8 Å². The molecule has 0 aromatic heterocycles. The highest BCUT2D eigenvalue weighted by atomic mass is 35.5. The third kappa shape index (κ3) is 3.99. The molecule has 0 aliphatic carbocycles. The molecule has 4 rings (SSSR count). The number of methoxy groups -OCH3 is 2. The van der Waals surface area contributed by atoms with Crippen LogP contribution in [-0.4, -0.2) is 31.0 Å². The maximum absolute atomic E-state index is 13.8. The first-order chi connectivity index (χ1) is 16.3. The molecule has 0 spiro atoms. The third-order valence-corrected chi connectivity index (χ3v) is 5.94. The minimum atomic E-state index is -1.03. The van der Waals surface area contributed by atoms with E-state index < -0.39 is 23.5 Å². The van der Waals surface area contributed by atoms with E-state index in [-0.39, 0.29) is 27.6 Å². The molecule has 3 aromatic rings. The number of nitrogens with zero attached hydrogens (tertiary/aromatic N) is 1. The van der Waals surface area contributed by atoms with Gasteiger partial charge in [0.2, 0.25) is 0 Å². The largest absolute Gasteiger partial charge is 0.507 e. The fourth-order valence-electron chi connectivity index (χ4n) is 4.01. The van der Waals surface area contributed by atoms with Crippen molar-refractivity contribution in [1.82, 2.24) is 0 Å². The molecule has 1 aliphatic rings. The predicted molar refractivity (Wildman–Crippen MR) is 127 cm³/mol. The van der Waals surface area contributed by atoms with E-state index in [0.717, 1.165) is 11.6 Å². The van der Waals surface area contributed by atoms with Gasteiger partial charge < -0.3 is 14.6 Å². The third-order valence-electron chi connectivity index (χ3n) is 5.65. The molecule has 1 fully saturated rings. The minimum Gasteiger partial charge on any atom is -0.507 e. The second kappa shape index (κ2) is 9.19. The number of aliphatic hydroxyl groups is 1.